The van der Waals surface area contributed by atoms with Gasteiger partial charge in [-0.15, -0.1) is 0 Å². The molecule has 3 unspecified atom stereocenters. The maximum absolute atomic E-state index is 12.3. The van der Waals surface area contributed by atoms with Crippen molar-refractivity contribution in [1.29, 1.82) is 5.41 Å². The minimum atomic E-state index is -1.55. The molecule has 0 aliphatic rings. The zero-order chi connectivity index (χ0) is 20.4. The third kappa shape index (κ3) is 7.21. The number of rotatable bonds is 10. The zero-order valence-corrected chi connectivity index (χ0v) is 14.3. The Hall–Kier alpha value is -2.69. The summed E-state index contributed by atoms with van der Waals surface area (Å²) in [7, 11) is 0. The van der Waals surface area contributed by atoms with Gasteiger partial charge in [0.15, 0.2) is 0 Å². The van der Waals surface area contributed by atoms with Crippen LogP contribution >= 0.6 is 0 Å². The van der Waals surface area contributed by atoms with E-state index in [1.807, 2.05) is 0 Å². The monoisotopic (exact) mass is 378 g/mol. The highest BCUT2D eigenvalue weighted by molar-refractivity contribution is 6.48. The van der Waals surface area contributed by atoms with E-state index in [9.17, 15) is 24.9 Å². The number of carbonyl (C=O) groups is 2. The first-order valence-corrected chi connectivity index (χ1v) is 7.97. The van der Waals surface area contributed by atoms with Gasteiger partial charge in [-0.25, -0.2) is 5.48 Å². The fraction of sp³-hybridized carbons (Fsp3) is 0.278. The molecule has 0 spiro atoms. The number of hydrogen-bond acceptors (Lipinski definition) is 8. The first-order valence-electron chi connectivity index (χ1n) is 7.97. The lowest BCUT2D eigenvalue weighted by Crippen LogP contribution is -2.39. The van der Waals surface area contributed by atoms with Crippen LogP contribution in [0.15, 0.2) is 42.5 Å². The van der Waals surface area contributed by atoms with Crippen molar-refractivity contribution in [2.75, 3.05) is 6.61 Å². The van der Waals surface area contributed by atoms with E-state index in [1.165, 1.54) is 29.8 Å². The average Bonchev–Trinajstić information content (AvgIpc) is 2.69. The average molecular weight is 378 g/mol. The van der Waals surface area contributed by atoms with Gasteiger partial charge in [-0.3, -0.25) is 20.2 Å². The fourth-order valence-corrected chi connectivity index (χ4v) is 2.05. The van der Waals surface area contributed by atoms with Crippen LogP contribution in [0.2, 0.25) is 0 Å². The van der Waals surface area contributed by atoms with Crippen LogP contribution < -0.4 is 5.48 Å². The van der Waals surface area contributed by atoms with E-state index in [0.29, 0.717) is 5.56 Å². The Morgan fingerprint density at radius 1 is 1.15 bits per heavy atom. The number of allylic oxidation sites excluding steroid dienone is 1. The van der Waals surface area contributed by atoms with Gasteiger partial charge in [0.25, 0.3) is 5.91 Å². The molecule has 0 aliphatic heterocycles. The summed E-state index contributed by atoms with van der Waals surface area (Å²) in [6.07, 6.45) is 0.375. The molecule has 27 heavy (non-hydrogen) atoms. The van der Waals surface area contributed by atoms with Crippen molar-refractivity contribution < 1.29 is 35.2 Å². The number of aliphatic hydroxyl groups is 4. The molecular weight excluding hydrogens is 356 g/mol. The minimum absolute atomic E-state index is 0.132. The molecule has 9 heteroatoms. The van der Waals surface area contributed by atoms with E-state index in [1.54, 1.807) is 12.1 Å². The van der Waals surface area contributed by atoms with E-state index < -0.39 is 36.6 Å². The highest BCUT2D eigenvalue weighted by atomic mass is 16.5. The number of hydroxylamine groups is 1. The summed E-state index contributed by atoms with van der Waals surface area (Å²) < 4.78 is 0. The van der Waals surface area contributed by atoms with Crippen molar-refractivity contribution >= 4 is 23.5 Å². The standard InChI is InChI=1S/C18H22N2O7/c19-13(5-2-6-14(22)18(26)15(23)10-21)17(25)12-4-1-3-11(9-12)7-8-16(24)20-27/h1-5,7-9,14-15,18-19,21-23,26-27H,6,10H2,(H,20,24)/b5-2?,8-7+,19-13?. The second kappa shape index (κ2) is 11.1. The number of carbonyl (C=O) groups excluding carboxylic acids is 2. The predicted octanol–water partition coefficient (Wildman–Crippen LogP) is -0.571. The van der Waals surface area contributed by atoms with Crippen molar-refractivity contribution in [1.82, 2.24) is 5.48 Å². The Morgan fingerprint density at radius 3 is 2.48 bits per heavy atom. The van der Waals surface area contributed by atoms with Crippen LogP contribution in [0, 0.1) is 5.41 Å². The zero-order valence-electron chi connectivity index (χ0n) is 14.3. The van der Waals surface area contributed by atoms with E-state index in [2.05, 4.69) is 0 Å². The molecule has 3 atom stereocenters. The molecule has 0 bridgehead atoms. The number of amides is 1. The fourth-order valence-electron chi connectivity index (χ4n) is 2.05. The van der Waals surface area contributed by atoms with Gasteiger partial charge in [0.2, 0.25) is 5.78 Å². The Balaban J connectivity index is 2.72. The van der Waals surface area contributed by atoms with Crippen molar-refractivity contribution in [2.24, 2.45) is 0 Å². The lowest BCUT2D eigenvalue weighted by molar-refractivity contribution is -0.124. The maximum atomic E-state index is 12.3. The van der Waals surface area contributed by atoms with Crippen LogP contribution in [0.5, 0.6) is 0 Å². The van der Waals surface area contributed by atoms with Crippen molar-refractivity contribution in [3.8, 4) is 0 Å². The van der Waals surface area contributed by atoms with Crippen LogP contribution in [0.1, 0.15) is 22.3 Å². The summed E-state index contributed by atoms with van der Waals surface area (Å²) >= 11 is 0. The first kappa shape index (κ1) is 22.4. The normalized spacial score (nSPS) is 14.9. The predicted molar refractivity (Wildman–Crippen MR) is 96.3 cm³/mol. The minimum Gasteiger partial charge on any atom is -0.394 e. The Bertz CT molecular complexity index is 730. The molecule has 7 N–H and O–H groups in total. The Kier molecular flexibility index (Phi) is 9.20. The lowest BCUT2D eigenvalue weighted by Gasteiger charge is -2.20. The lowest BCUT2D eigenvalue weighted by atomic mass is 10.0. The number of hydrogen-bond donors (Lipinski definition) is 7. The van der Waals surface area contributed by atoms with Crippen LogP contribution in [0.25, 0.3) is 6.08 Å². The van der Waals surface area contributed by atoms with Gasteiger partial charge in [-0.2, -0.15) is 0 Å². The summed E-state index contributed by atoms with van der Waals surface area (Å²) in [5.41, 5.74) is 1.78. The maximum Gasteiger partial charge on any atom is 0.267 e. The summed E-state index contributed by atoms with van der Waals surface area (Å²) in [6, 6.07) is 6.14. The summed E-state index contributed by atoms with van der Waals surface area (Å²) in [5.74, 6) is -1.33. The molecule has 0 aromatic heterocycles. The molecule has 1 rings (SSSR count). The second-order valence-electron chi connectivity index (χ2n) is 5.62. The molecule has 0 aliphatic carbocycles. The highest BCUT2D eigenvalue weighted by Crippen LogP contribution is 2.10. The van der Waals surface area contributed by atoms with Gasteiger partial charge in [0.05, 0.1) is 12.7 Å². The number of ketones is 1. The summed E-state index contributed by atoms with van der Waals surface area (Å²) in [6.45, 7) is -0.707. The highest BCUT2D eigenvalue weighted by Gasteiger charge is 2.22. The number of benzene rings is 1. The van der Waals surface area contributed by atoms with Crippen molar-refractivity contribution in [2.45, 2.75) is 24.7 Å². The molecule has 1 aromatic carbocycles. The van der Waals surface area contributed by atoms with Gasteiger partial charge < -0.3 is 20.4 Å². The van der Waals surface area contributed by atoms with E-state index in [-0.39, 0.29) is 17.7 Å². The SMILES string of the molecule is N=C(C=CCC(O)C(O)C(O)CO)C(=O)c1cccc(/C=C/C(=O)NO)c1. The molecule has 1 aromatic rings. The van der Waals surface area contributed by atoms with Crippen molar-refractivity contribution in [3.05, 3.63) is 53.6 Å². The van der Waals surface area contributed by atoms with Gasteiger partial charge in [0, 0.05) is 11.6 Å². The smallest absolute Gasteiger partial charge is 0.267 e. The van der Waals surface area contributed by atoms with E-state index >= 15 is 0 Å². The molecular formula is C18H22N2O7. The molecule has 0 radical (unpaired) electrons. The molecule has 9 nitrogen and oxygen atoms in total. The van der Waals surface area contributed by atoms with Crippen molar-refractivity contribution in [3.63, 3.8) is 0 Å². The van der Waals surface area contributed by atoms with Gasteiger partial charge in [0.1, 0.15) is 17.9 Å². The van der Waals surface area contributed by atoms with E-state index in [4.69, 9.17) is 15.7 Å². The number of aliphatic hydroxyl groups excluding tert-OH is 4. The van der Waals surface area contributed by atoms with Gasteiger partial charge >= 0.3 is 0 Å². The van der Waals surface area contributed by atoms with Crippen LogP contribution in [0.3, 0.4) is 0 Å². The molecule has 0 saturated carbocycles. The first-order chi connectivity index (χ1) is 12.8. The van der Waals surface area contributed by atoms with Crippen LogP contribution in [-0.2, 0) is 4.79 Å². The molecule has 0 heterocycles. The quantitative estimate of drug-likeness (QED) is 0.0939. The molecule has 0 saturated heterocycles. The van der Waals surface area contributed by atoms with Crippen LogP contribution in [0.4, 0.5) is 0 Å². The molecule has 0 fully saturated rings. The topological polar surface area (TPSA) is 171 Å². The van der Waals surface area contributed by atoms with E-state index in [0.717, 1.165) is 12.2 Å². The number of nitrogens with one attached hydrogen (secondary N) is 2. The Morgan fingerprint density at radius 2 is 1.85 bits per heavy atom. The Labute approximate surface area is 155 Å². The molecule has 146 valence electrons. The third-order valence-electron chi connectivity index (χ3n) is 3.57. The largest absolute Gasteiger partial charge is 0.394 e. The molecule has 1 amide bonds. The summed E-state index contributed by atoms with van der Waals surface area (Å²) in [5, 5.41) is 53.3. The van der Waals surface area contributed by atoms with Gasteiger partial charge in [-0.1, -0.05) is 24.3 Å². The second-order valence-corrected chi connectivity index (χ2v) is 5.62. The van der Waals surface area contributed by atoms with Crippen LogP contribution in [-0.4, -0.2) is 68.0 Å². The third-order valence-corrected chi connectivity index (χ3v) is 3.57. The number of Topliss-reactive ketones (excluding diaryl/α,β-unsaturated/α-hetero) is 1. The summed E-state index contributed by atoms with van der Waals surface area (Å²) in [4.78, 5) is 23.2. The van der Waals surface area contributed by atoms with Gasteiger partial charge in [-0.05, 0) is 30.2 Å².